The van der Waals surface area contributed by atoms with Crippen molar-refractivity contribution in [1.29, 1.82) is 0 Å². The van der Waals surface area contributed by atoms with E-state index in [1.165, 1.54) is 70.5 Å². The lowest BCUT2D eigenvalue weighted by Gasteiger charge is -2.36. The molecule has 0 aromatic heterocycles. The lowest BCUT2D eigenvalue weighted by Crippen LogP contribution is -2.34. The van der Waals surface area contributed by atoms with Crippen LogP contribution in [0.2, 0.25) is 0 Å². The Morgan fingerprint density at radius 1 is 0.615 bits per heavy atom. The molecule has 1 unspecified atom stereocenters. The highest BCUT2D eigenvalue weighted by Crippen LogP contribution is 2.32. The monoisotopic (exact) mass is 507 g/mol. The molecule has 3 aliphatic rings. The molecule has 0 spiro atoms. The lowest BCUT2D eigenvalue weighted by atomic mass is 9.96. The molecule has 0 amide bonds. The van der Waals surface area contributed by atoms with Crippen molar-refractivity contribution in [3.8, 4) is 11.1 Å². The first kappa shape index (κ1) is 25.2. The largest absolute Gasteiger partial charge is 0.338 e. The van der Waals surface area contributed by atoms with Gasteiger partial charge in [-0.15, -0.1) is 0 Å². The molecule has 1 nitrogen and oxygen atoms in total. The van der Waals surface area contributed by atoms with Crippen molar-refractivity contribution >= 4 is 23.4 Å². The van der Waals surface area contributed by atoms with Crippen LogP contribution in [0.25, 0.3) is 28.9 Å². The normalized spacial score (nSPS) is 18.7. The first-order valence-electron chi connectivity index (χ1n) is 14.5. The van der Waals surface area contributed by atoms with Crippen LogP contribution in [0.4, 0.5) is 5.69 Å². The van der Waals surface area contributed by atoms with Crippen LogP contribution in [0.1, 0.15) is 61.6 Å². The average Bonchev–Trinajstić information content (AvgIpc) is 3.03. The molecule has 0 saturated heterocycles. The van der Waals surface area contributed by atoms with Gasteiger partial charge in [0.05, 0.1) is 6.04 Å². The Kier molecular flexibility index (Phi) is 7.86. The van der Waals surface area contributed by atoms with Crippen LogP contribution in [0.5, 0.6) is 0 Å². The van der Waals surface area contributed by atoms with E-state index in [1.54, 1.807) is 0 Å². The van der Waals surface area contributed by atoms with Crippen molar-refractivity contribution in [2.75, 3.05) is 4.90 Å². The van der Waals surface area contributed by atoms with E-state index in [0.717, 1.165) is 19.3 Å². The van der Waals surface area contributed by atoms with Gasteiger partial charge in [-0.05, 0) is 90.5 Å². The summed E-state index contributed by atoms with van der Waals surface area (Å²) in [6.45, 7) is 0. The summed E-state index contributed by atoms with van der Waals surface area (Å²) >= 11 is 0. The van der Waals surface area contributed by atoms with E-state index >= 15 is 0 Å². The van der Waals surface area contributed by atoms with E-state index in [0.29, 0.717) is 6.04 Å². The van der Waals surface area contributed by atoms with Crippen molar-refractivity contribution < 1.29 is 0 Å². The fourth-order valence-electron chi connectivity index (χ4n) is 5.78. The number of nitrogens with zero attached hydrogens (tertiary/aromatic N) is 1. The van der Waals surface area contributed by atoms with Gasteiger partial charge in [-0.2, -0.15) is 0 Å². The summed E-state index contributed by atoms with van der Waals surface area (Å²) in [5.41, 5.74) is 10.3. The first-order valence-corrected chi connectivity index (χ1v) is 14.5. The van der Waals surface area contributed by atoms with E-state index in [9.17, 15) is 0 Å². The number of hydrogen-bond acceptors (Lipinski definition) is 1. The van der Waals surface area contributed by atoms with Crippen LogP contribution in [-0.2, 0) is 0 Å². The topological polar surface area (TPSA) is 3.24 Å². The molecule has 0 fully saturated rings. The zero-order valence-corrected chi connectivity index (χ0v) is 22.7. The van der Waals surface area contributed by atoms with Crippen LogP contribution in [0.15, 0.2) is 127 Å². The second-order valence-corrected chi connectivity index (χ2v) is 10.7. The van der Waals surface area contributed by atoms with E-state index in [1.807, 2.05) is 0 Å². The van der Waals surface area contributed by atoms with Gasteiger partial charge in [0, 0.05) is 11.4 Å². The smallest absolute Gasteiger partial charge is 0.0556 e. The van der Waals surface area contributed by atoms with Gasteiger partial charge >= 0.3 is 0 Å². The minimum Gasteiger partial charge on any atom is -0.338 e. The highest BCUT2D eigenvalue weighted by atomic mass is 15.2. The number of benzene rings is 3. The van der Waals surface area contributed by atoms with E-state index in [2.05, 4.69) is 138 Å². The van der Waals surface area contributed by atoms with Gasteiger partial charge in [0.15, 0.2) is 0 Å². The SMILES string of the molecule is C1=CCC(N(C2=CCCCC2)c2ccc(/C=C/c3ccc(-c4ccc(C5=CCCC=C5)cc4)cc3)cc2)C=C1. The van der Waals surface area contributed by atoms with Gasteiger partial charge in [0.2, 0.25) is 0 Å². The van der Waals surface area contributed by atoms with Crippen LogP contribution < -0.4 is 4.90 Å². The molecule has 0 saturated carbocycles. The van der Waals surface area contributed by atoms with Crippen molar-refractivity contribution in [2.45, 2.75) is 51.0 Å². The average molecular weight is 508 g/mol. The summed E-state index contributed by atoms with van der Waals surface area (Å²) in [7, 11) is 0. The Morgan fingerprint density at radius 3 is 1.92 bits per heavy atom. The van der Waals surface area contributed by atoms with Gasteiger partial charge in [0.25, 0.3) is 0 Å². The van der Waals surface area contributed by atoms with E-state index < -0.39 is 0 Å². The molecule has 3 aliphatic carbocycles. The summed E-state index contributed by atoms with van der Waals surface area (Å²) < 4.78 is 0. The van der Waals surface area contributed by atoms with Crippen molar-refractivity contribution in [2.24, 2.45) is 0 Å². The fourth-order valence-corrected chi connectivity index (χ4v) is 5.78. The van der Waals surface area contributed by atoms with Crippen molar-refractivity contribution in [1.82, 2.24) is 0 Å². The quantitative estimate of drug-likeness (QED) is 0.287. The molecule has 39 heavy (non-hydrogen) atoms. The van der Waals surface area contributed by atoms with Gasteiger partial charge in [-0.25, -0.2) is 0 Å². The lowest BCUT2D eigenvalue weighted by molar-refractivity contribution is 0.644. The zero-order chi connectivity index (χ0) is 26.3. The van der Waals surface area contributed by atoms with Crippen molar-refractivity contribution in [3.05, 3.63) is 144 Å². The van der Waals surface area contributed by atoms with Gasteiger partial charge < -0.3 is 4.90 Å². The Hall–Kier alpha value is -4.10. The predicted octanol–water partition coefficient (Wildman–Crippen LogP) is 10.4. The second-order valence-electron chi connectivity index (χ2n) is 10.7. The molecule has 0 N–H and O–H groups in total. The molecule has 0 bridgehead atoms. The Morgan fingerprint density at radius 2 is 1.31 bits per heavy atom. The molecule has 6 rings (SSSR count). The first-order chi connectivity index (χ1) is 19.3. The molecular weight excluding hydrogens is 470 g/mol. The maximum absolute atomic E-state index is 2.56. The highest BCUT2D eigenvalue weighted by molar-refractivity contribution is 5.77. The molecular formula is C38H37N. The maximum Gasteiger partial charge on any atom is 0.0556 e. The number of anilines is 1. The molecule has 194 valence electrons. The maximum atomic E-state index is 2.56. The molecule has 3 aromatic rings. The standard InChI is InChI=1S/C38H37N/c1-4-10-32(11-5-1)34-24-26-35(27-25-34)33-22-18-30(19-23-33)16-17-31-20-28-38(29-21-31)39(36-12-6-2-7-13-36)37-14-8-3-9-15-37/h2,4,6-7,10-12,14,16-29,36H,1,3,5,8-9,13,15H2/b17-16+. The third-order valence-electron chi connectivity index (χ3n) is 7.96. The summed E-state index contributed by atoms with van der Waals surface area (Å²) in [5.74, 6) is 0. The molecule has 0 radical (unpaired) electrons. The molecule has 0 heterocycles. The highest BCUT2D eigenvalue weighted by Gasteiger charge is 2.21. The second kappa shape index (κ2) is 12.2. The van der Waals surface area contributed by atoms with Crippen molar-refractivity contribution in [3.63, 3.8) is 0 Å². The van der Waals surface area contributed by atoms with Gasteiger partial charge in [0.1, 0.15) is 0 Å². The summed E-state index contributed by atoms with van der Waals surface area (Å²) in [6, 6.07) is 27.3. The minimum atomic E-state index is 0.400. The third-order valence-corrected chi connectivity index (χ3v) is 7.96. The summed E-state index contributed by atoms with van der Waals surface area (Å²) in [4.78, 5) is 2.56. The van der Waals surface area contributed by atoms with Crippen LogP contribution in [0, 0.1) is 0 Å². The molecule has 1 atom stereocenters. The van der Waals surface area contributed by atoms with E-state index in [-0.39, 0.29) is 0 Å². The summed E-state index contributed by atoms with van der Waals surface area (Å²) in [6.07, 6.45) is 31.0. The van der Waals surface area contributed by atoms with E-state index in [4.69, 9.17) is 0 Å². The van der Waals surface area contributed by atoms with Crippen LogP contribution >= 0.6 is 0 Å². The fraction of sp³-hybridized carbons (Fsp3) is 0.211. The predicted molar refractivity (Wildman–Crippen MR) is 169 cm³/mol. The Bertz CT molecular complexity index is 1440. The number of rotatable bonds is 7. The molecule has 3 aromatic carbocycles. The summed E-state index contributed by atoms with van der Waals surface area (Å²) in [5, 5.41) is 0. The molecule has 1 heteroatoms. The van der Waals surface area contributed by atoms with Crippen LogP contribution in [-0.4, -0.2) is 6.04 Å². The number of allylic oxidation sites excluding steroid dienone is 8. The van der Waals surface area contributed by atoms with Crippen LogP contribution in [0.3, 0.4) is 0 Å². The third kappa shape index (κ3) is 6.15. The minimum absolute atomic E-state index is 0.400. The zero-order valence-electron chi connectivity index (χ0n) is 22.7. The Balaban J connectivity index is 1.13. The molecule has 0 aliphatic heterocycles. The van der Waals surface area contributed by atoms with Gasteiger partial charge in [-0.1, -0.05) is 121 Å². The van der Waals surface area contributed by atoms with Gasteiger partial charge in [-0.3, -0.25) is 0 Å². The number of hydrogen-bond donors (Lipinski definition) is 0. The Labute approximate surface area is 233 Å².